The van der Waals surface area contributed by atoms with Crippen molar-refractivity contribution in [3.8, 4) is 5.75 Å². The minimum absolute atomic E-state index is 0.126. The lowest BCUT2D eigenvalue weighted by molar-refractivity contribution is 0.0696. The van der Waals surface area contributed by atoms with Crippen LogP contribution in [0.3, 0.4) is 0 Å². The number of hydrogen-bond acceptors (Lipinski definition) is 4. The van der Waals surface area contributed by atoms with Crippen LogP contribution in [0.1, 0.15) is 20.0 Å². The van der Waals surface area contributed by atoms with Gasteiger partial charge in [0, 0.05) is 17.1 Å². The molecule has 19 heavy (non-hydrogen) atoms. The Morgan fingerprint density at radius 3 is 2.74 bits per heavy atom. The van der Waals surface area contributed by atoms with E-state index in [0.29, 0.717) is 16.3 Å². The Kier molecular flexibility index (Phi) is 3.82. The first kappa shape index (κ1) is 13.1. The molecule has 6 heteroatoms. The number of thiophene rings is 1. The minimum atomic E-state index is -1.03. The molecule has 0 spiro atoms. The molecular weight excluding hydrogens is 266 g/mol. The molecule has 5 nitrogen and oxygen atoms in total. The maximum atomic E-state index is 11.9. The number of nitrogens with one attached hydrogen (secondary N) is 1. The first-order valence-electron chi connectivity index (χ1n) is 5.37. The highest BCUT2D eigenvalue weighted by Crippen LogP contribution is 2.22. The van der Waals surface area contributed by atoms with Crippen LogP contribution in [0.2, 0.25) is 0 Å². The number of carbonyl (C=O) groups excluding carboxylic acids is 1. The van der Waals surface area contributed by atoms with Crippen LogP contribution in [-0.2, 0) is 0 Å². The van der Waals surface area contributed by atoms with E-state index in [4.69, 9.17) is 9.84 Å². The van der Waals surface area contributed by atoms with Crippen LogP contribution in [0.15, 0.2) is 35.7 Å². The van der Waals surface area contributed by atoms with Gasteiger partial charge >= 0.3 is 5.97 Å². The van der Waals surface area contributed by atoms with E-state index in [0.717, 1.165) is 0 Å². The Bertz CT molecular complexity index is 621. The zero-order valence-corrected chi connectivity index (χ0v) is 10.9. The van der Waals surface area contributed by atoms with E-state index < -0.39 is 5.97 Å². The van der Waals surface area contributed by atoms with Gasteiger partial charge in [0.25, 0.3) is 5.91 Å². The molecule has 1 aromatic heterocycles. The van der Waals surface area contributed by atoms with Crippen LogP contribution in [0.4, 0.5) is 5.69 Å². The van der Waals surface area contributed by atoms with Gasteiger partial charge in [-0.05, 0) is 18.2 Å². The zero-order valence-electron chi connectivity index (χ0n) is 10.0. The van der Waals surface area contributed by atoms with Crippen LogP contribution >= 0.6 is 11.3 Å². The standard InChI is InChI=1S/C13H11NO4S/c1-18-10-6-11(19-7-10)12(15)14-9-4-2-3-8(5-9)13(16)17/h2-7H,1H3,(H,14,15)(H,16,17). The molecule has 0 atom stereocenters. The van der Waals surface area contributed by atoms with Gasteiger partial charge < -0.3 is 15.2 Å². The van der Waals surface area contributed by atoms with E-state index in [1.165, 1.54) is 30.6 Å². The van der Waals surface area contributed by atoms with Crippen molar-refractivity contribution in [1.82, 2.24) is 0 Å². The lowest BCUT2D eigenvalue weighted by Gasteiger charge is -2.04. The second-order valence-electron chi connectivity index (χ2n) is 3.69. The molecule has 0 bridgehead atoms. The minimum Gasteiger partial charge on any atom is -0.496 e. The molecule has 2 aromatic rings. The Morgan fingerprint density at radius 2 is 2.11 bits per heavy atom. The molecule has 2 rings (SSSR count). The molecule has 1 aromatic carbocycles. The van der Waals surface area contributed by atoms with Crippen molar-refractivity contribution in [2.24, 2.45) is 0 Å². The van der Waals surface area contributed by atoms with Crippen molar-refractivity contribution in [1.29, 1.82) is 0 Å². The molecule has 0 radical (unpaired) electrons. The maximum Gasteiger partial charge on any atom is 0.335 e. The predicted octanol–water partition coefficient (Wildman–Crippen LogP) is 2.71. The Labute approximate surface area is 113 Å². The van der Waals surface area contributed by atoms with E-state index in [1.807, 2.05) is 0 Å². The van der Waals surface area contributed by atoms with Crippen molar-refractivity contribution >= 4 is 28.9 Å². The summed E-state index contributed by atoms with van der Waals surface area (Å²) >= 11 is 1.26. The Balaban J connectivity index is 2.14. The molecule has 0 aliphatic rings. The van der Waals surface area contributed by atoms with Gasteiger partial charge in [0.05, 0.1) is 17.6 Å². The molecule has 1 heterocycles. The molecule has 98 valence electrons. The van der Waals surface area contributed by atoms with Crippen LogP contribution in [-0.4, -0.2) is 24.1 Å². The largest absolute Gasteiger partial charge is 0.496 e. The fraction of sp³-hybridized carbons (Fsp3) is 0.0769. The zero-order chi connectivity index (χ0) is 13.8. The molecule has 1 amide bonds. The highest BCUT2D eigenvalue weighted by Gasteiger charge is 2.11. The number of carboxylic acids is 1. The summed E-state index contributed by atoms with van der Waals surface area (Å²) in [7, 11) is 1.53. The number of carboxylic acid groups (broad SMARTS) is 1. The lowest BCUT2D eigenvalue weighted by Crippen LogP contribution is -2.10. The monoisotopic (exact) mass is 277 g/mol. The average Bonchev–Trinajstić information content (AvgIpc) is 2.88. The third-order valence-corrected chi connectivity index (χ3v) is 3.31. The Morgan fingerprint density at radius 1 is 1.32 bits per heavy atom. The van der Waals surface area contributed by atoms with E-state index >= 15 is 0 Å². The number of ether oxygens (including phenoxy) is 1. The van der Waals surface area contributed by atoms with Crippen molar-refractivity contribution in [2.75, 3.05) is 12.4 Å². The van der Waals surface area contributed by atoms with Crippen LogP contribution < -0.4 is 10.1 Å². The van der Waals surface area contributed by atoms with Gasteiger partial charge in [0.15, 0.2) is 0 Å². The lowest BCUT2D eigenvalue weighted by atomic mass is 10.2. The number of methoxy groups -OCH3 is 1. The predicted molar refractivity (Wildman–Crippen MR) is 72.2 cm³/mol. The van der Waals surface area contributed by atoms with Crippen molar-refractivity contribution in [3.05, 3.63) is 46.2 Å². The van der Waals surface area contributed by atoms with Crippen LogP contribution in [0, 0.1) is 0 Å². The molecule has 0 saturated carbocycles. The topological polar surface area (TPSA) is 75.6 Å². The van der Waals surface area contributed by atoms with E-state index in [2.05, 4.69) is 5.32 Å². The second kappa shape index (κ2) is 5.53. The number of anilines is 1. The number of carbonyl (C=O) groups is 2. The first-order chi connectivity index (χ1) is 9.10. The van der Waals surface area contributed by atoms with Gasteiger partial charge in [0.2, 0.25) is 0 Å². The summed E-state index contributed by atoms with van der Waals surface area (Å²) in [5.41, 5.74) is 0.568. The smallest absolute Gasteiger partial charge is 0.335 e. The van der Waals surface area contributed by atoms with Crippen LogP contribution in [0.5, 0.6) is 5.75 Å². The number of aromatic carboxylic acids is 1. The number of hydrogen-bond donors (Lipinski definition) is 2. The second-order valence-corrected chi connectivity index (χ2v) is 4.60. The van der Waals surface area contributed by atoms with E-state index in [9.17, 15) is 9.59 Å². The average molecular weight is 277 g/mol. The molecular formula is C13H11NO4S. The van der Waals surface area contributed by atoms with Gasteiger partial charge in [0.1, 0.15) is 5.75 Å². The highest BCUT2D eigenvalue weighted by molar-refractivity contribution is 7.12. The van der Waals surface area contributed by atoms with Gasteiger partial charge in [-0.2, -0.15) is 0 Å². The summed E-state index contributed by atoms with van der Waals surface area (Å²) in [6.45, 7) is 0. The quantitative estimate of drug-likeness (QED) is 0.901. The normalized spacial score (nSPS) is 9.95. The molecule has 0 saturated heterocycles. The third-order valence-electron chi connectivity index (χ3n) is 2.40. The molecule has 0 aliphatic carbocycles. The van der Waals surface area contributed by atoms with E-state index in [1.54, 1.807) is 23.6 Å². The molecule has 2 N–H and O–H groups in total. The number of benzene rings is 1. The molecule has 0 aliphatic heterocycles. The number of rotatable bonds is 4. The Hall–Kier alpha value is -2.34. The van der Waals surface area contributed by atoms with Crippen molar-refractivity contribution in [2.45, 2.75) is 0 Å². The van der Waals surface area contributed by atoms with Crippen LogP contribution in [0.25, 0.3) is 0 Å². The van der Waals surface area contributed by atoms with Crippen molar-refractivity contribution < 1.29 is 19.4 Å². The van der Waals surface area contributed by atoms with E-state index in [-0.39, 0.29) is 11.5 Å². The maximum absolute atomic E-state index is 11.9. The van der Waals surface area contributed by atoms with Crippen molar-refractivity contribution in [3.63, 3.8) is 0 Å². The van der Waals surface area contributed by atoms with Gasteiger partial charge in [-0.3, -0.25) is 4.79 Å². The van der Waals surface area contributed by atoms with Gasteiger partial charge in [-0.25, -0.2) is 4.79 Å². The third kappa shape index (κ3) is 3.11. The van der Waals surface area contributed by atoms with Gasteiger partial charge in [-0.1, -0.05) is 6.07 Å². The summed E-state index contributed by atoms with van der Waals surface area (Å²) in [5.74, 6) is -0.709. The summed E-state index contributed by atoms with van der Waals surface area (Å²) in [6.07, 6.45) is 0. The highest BCUT2D eigenvalue weighted by atomic mass is 32.1. The number of amides is 1. The first-order valence-corrected chi connectivity index (χ1v) is 6.25. The fourth-order valence-electron chi connectivity index (χ4n) is 1.47. The summed E-state index contributed by atoms with van der Waals surface area (Å²) < 4.78 is 5.00. The molecule has 0 unspecified atom stereocenters. The summed E-state index contributed by atoms with van der Waals surface area (Å²) in [5, 5.41) is 13.2. The SMILES string of the molecule is COc1csc(C(=O)Nc2cccc(C(=O)O)c2)c1. The molecule has 0 fully saturated rings. The summed E-state index contributed by atoms with van der Waals surface area (Å²) in [6, 6.07) is 7.71. The fourth-order valence-corrected chi connectivity index (χ4v) is 2.22. The van der Waals surface area contributed by atoms with Gasteiger partial charge in [-0.15, -0.1) is 11.3 Å². The summed E-state index contributed by atoms with van der Waals surface area (Å²) in [4.78, 5) is 23.2.